The summed E-state index contributed by atoms with van der Waals surface area (Å²) >= 11 is 3.28. The molecule has 3 aliphatic rings. The molecule has 0 radical (unpaired) electrons. The van der Waals surface area contributed by atoms with E-state index in [4.69, 9.17) is 4.74 Å². The number of carbonyl (C=O) groups is 4. The van der Waals surface area contributed by atoms with E-state index in [1.54, 1.807) is 32.9 Å². The fraction of sp³-hybridized carbons (Fsp3) is 0.567. The number of phenolic OH excluding ortho intramolecular Hbond substituents is 1. The minimum Gasteiger partial charge on any atom is -0.507 e. The second kappa shape index (κ2) is 12.8. The molecule has 0 unspecified atom stereocenters. The molecule has 2 aromatic rings. The zero-order chi connectivity index (χ0) is 32.5. The second-order valence-corrected chi connectivity index (χ2v) is 13.7. The average Bonchev–Trinajstić information content (AvgIpc) is 3.28. The van der Waals surface area contributed by atoms with Crippen molar-refractivity contribution >= 4 is 39.8 Å². The van der Waals surface area contributed by atoms with Crippen LogP contribution in [-0.4, -0.2) is 89.0 Å². The fourth-order valence-corrected chi connectivity index (χ4v) is 6.22. The Balaban J connectivity index is 1.45. The van der Waals surface area contributed by atoms with E-state index in [1.807, 2.05) is 12.2 Å². The van der Waals surface area contributed by atoms with E-state index in [-0.39, 0.29) is 36.9 Å². The number of carbonyl (C=O) groups excluding carboxylic acids is 3. The zero-order valence-corrected chi connectivity index (χ0v) is 27.0. The highest BCUT2D eigenvalue weighted by molar-refractivity contribution is 9.10. The molecule has 1 aromatic heterocycles. The van der Waals surface area contributed by atoms with E-state index < -0.39 is 53.1 Å². The number of carboxylic acid groups (broad SMARTS) is 1. The number of carboxylic acids is 1. The van der Waals surface area contributed by atoms with Gasteiger partial charge in [0.1, 0.15) is 29.0 Å². The van der Waals surface area contributed by atoms with Gasteiger partial charge in [-0.25, -0.2) is 9.59 Å². The van der Waals surface area contributed by atoms with E-state index >= 15 is 0 Å². The number of aromatic hydroxyl groups is 1. The summed E-state index contributed by atoms with van der Waals surface area (Å²) in [4.78, 5) is 55.8. The number of alkyl carbamates (subject to hydrolysis) is 1. The molecule has 5 rings (SSSR count). The molecule has 3 amide bonds. The number of phenols is 1. The first-order valence-electron chi connectivity index (χ1n) is 15.1. The number of aliphatic carboxylic acids is 1. The van der Waals surface area contributed by atoms with Crippen LogP contribution in [0.4, 0.5) is 4.79 Å². The Hall–Kier alpha value is -4.01. The quantitative estimate of drug-likeness (QED) is 0.347. The van der Waals surface area contributed by atoms with Gasteiger partial charge >= 0.3 is 12.1 Å². The highest BCUT2D eigenvalue weighted by Crippen LogP contribution is 2.45. The van der Waals surface area contributed by atoms with Crippen LogP contribution in [0.5, 0.6) is 5.75 Å². The van der Waals surface area contributed by atoms with Crippen LogP contribution in [0.1, 0.15) is 71.8 Å². The van der Waals surface area contributed by atoms with E-state index in [1.165, 1.54) is 15.8 Å². The van der Waals surface area contributed by atoms with E-state index in [0.29, 0.717) is 22.9 Å². The standard InChI is InChI=1S/C30H38BrN7O7/c1-29(2,3)45-28(44)32-21-10-8-6-4-5-7-9-18-15-30(18,27(42)43)33-25(40)22-14-19(16-37(22)26(21)41)38-35-24(34-36-38)17-11-12-23(39)20(31)13-17/h7,9,11-13,18-19,21-22,39H,4-6,8,10,14-16H2,1-3H3,(H,32,44)(H,33,40)(H,42,43)/b9-7-/t18-,19-,21+,22+,30-/m1/s1. The van der Waals surface area contributed by atoms with E-state index in [0.717, 1.165) is 19.3 Å². The average molecular weight is 689 g/mol. The number of ether oxygens (including phenoxy) is 1. The molecule has 1 saturated heterocycles. The van der Waals surface area contributed by atoms with Crippen molar-refractivity contribution < 1.29 is 34.1 Å². The number of amides is 3. The SMILES string of the molecule is CC(C)(C)OC(=O)N[C@H]1CCCCC/C=C\[C@@H]2C[C@@]2(C(=O)O)NC(=O)[C@@H]2C[C@@H](n3nnc(-c4ccc(O)c(Br)c4)n3)CN2C1=O. The van der Waals surface area contributed by atoms with Gasteiger partial charge in [-0.3, -0.25) is 9.59 Å². The Labute approximate surface area is 268 Å². The van der Waals surface area contributed by atoms with Gasteiger partial charge in [-0.1, -0.05) is 25.0 Å². The Kier molecular flexibility index (Phi) is 9.19. The van der Waals surface area contributed by atoms with Crippen LogP contribution in [0.15, 0.2) is 34.8 Å². The number of allylic oxidation sites excluding steroid dienone is 1. The normalized spacial score (nSPS) is 28.1. The summed E-state index contributed by atoms with van der Waals surface area (Å²) in [5, 5.41) is 38.2. The number of halogens is 1. The Morgan fingerprint density at radius 2 is 1.98 bits per heavy atom. The van der Waals surface area contributed by atoms with Gasteiger partial charge in [-0.2, -0.15) is 4.80 Å². The molecule has 2 aliphatic heterocycles. The van der Waals surface area contributed by atoms with Gasteiger partial charge in [0, 0.05) is 24.4 Å². The lowest BCUT2D eigenvalue weighted by molar-refractivity contribution is -0.145. The number of fused-ring (bicyclic) bond motifs is 2. The lowest BCUT2D eigenvalue weighted by Gasteiger charge is -2.30. The molecule has 14 nitrogen and oxygen atoms in total. The maximum Gasteiger partial charge on any atom is 0.408 e. The van der Waals surface area contributed by atoms with Gasteiger partial charge in [0.15, 0.2) is 0 Å². The van der Waals surface area contributed by atoms with Crippen LogP contribution in [0.25, 0.3) is 11.4 Å². The lowest BCUT2D eigenvalue weighted by atomic mass is 10.0. The molecule has 45 heavy (non-hydrogen) atoms. The molecule has 15 heteroatoms. The van der Waals surface area contributed by atoms with Crippen molar-refractivity contribution in [1.29, 1.82) is 0 Å². The Morgan fingerprint density at radius 1 is 1.20 bits per heavy atom. The van der Waals surface area contributed by atoms with Crippen molar-refractivity contribution in [2.45, 2.75) is 95.0 Å². The molecule has 4 N–H and O–H groups in total. The number of tetrazole rings is 1. The van der Waals surface area contributed by atoms with Crippen LogP contribution in [0.3, 0.4) is 0 Å². The summed E-state index contributed by atoms with van der Waals surface area (Å²) in [6.07, 6.45) is 6.75. The summed E-state index contributed by atoms with van der Waals surface area (Å²) in [5.41, 5.74) is -1.64. The number of nitrogens with zero attached hydrogens (tertiary/aromatic N) is 5. The van der Waals surface area contributed by atoms with Crippen LogP contribution in [0.2, 0.25) is 0 Å². The molecule has 2 fully saturated rings. The summed E-state index contributed by atoms with van der Waals surface area (Å²) < 4.78 is 5.88. The summed E-state index contributed by atoms with van der Waals surface area (Å²) in [6, 6.07) is 2.19. The molecular formula is C30H38BrN7O7. The first-order valence-corrected chi connectivity index (χ1v) is 15.9. The molecular weight excluding hydrogens is 650 g/mol. The second-order valence-electron chi connectivity index (χ2n) is 12.8. The van der Waals surface area contributed by atoms with Crippen molar-refractivity contribution in [3.8, 4) is 17.1 Å². The van der Waals surface area contributed by atoms with E-state index in [9.17, 15) is 29.4 Å². The lowest BCUT2D eigenvalue weighted by Crippen LogP contribution is -2.56. The van der Waals surface area contributed by atoms with Crippen LogP contribution < -0.4 is 10.6 Å². The molecule has 1 aliphatic carbocycles. The third-order valence-corrected chi connectivity index (χ3v) is 8.92. The van der Waals surface area contributed by atoms with Crippen LogP contribution in [0, 0.1) is 5.92 Å². The maximum absolute atomic E-state index is 14.1. The van der Waals surface area contributed by atoms with Crippen LogP contribution >= 0.6 is 15.9 Å². The van der Waals surface area contributed by atoms with Crippen molar-refractivity contribution in [2.75, 3.05) is 6.54 Å². The third-order valence-electron chi connectivity index (χ3n) is 8.29. The van der Waals surface area contributed by atoms with Crippen molar-refractivity contribution in [3.05, 3.63) is 34.8 Å². The largest absolute Gasteiger partial charge is 0.507 e. The van der Waals surface area contributed by atoms with Gasteiger partial charge < -0.3 is 30.5 Å². The zero-order valence-electron chi connectivity index (χ0n) is 25.4. The van der Waals surface area contributed by atoms with Gasteiger partial charge in [0.2, 0.25) is 17.6 Å². The summed E-state index contributed by atoms with van der Waals surface area (Å²) in [7, 11) is 0. The predicted octanol–water partition coefficient (Wildman–Crippen LogP) is 3.32. The molecule has 5 atom stereocenters. The minimum atomic E-state index is -1.44. The van der Waals surface area contributed by atoms with Crippen LogP contribution in [-0.2, 0) is 19.1 Å². The molecule has 1 saturated carbocycles. The highest BCUT2D eigenvalue weighted by atomic mass is 79.9. The summed E-state index contributed by atoms with van der Waals surface area (Å²) in [6.45, 7) is 5.21. The van der Waals surface area contributed by atoms with Crippen molar-refractivity contribution in [3.63, 3.8) is 0 Å². The van der Waals surface area contributed by atoms with Crippen molar-refractivity contribution in [2.24, 2.45) is 5.92 Å². The number of rotatable bonds is 4. The number of nitrogens with one attached hydrogen (secondary N) is 2. The van der Waals surface area contributed by atoms with Crippen molar-refractivity contribution in [1.82, 2.24) is 35.7 Å². The third kappa shape index (κ3) is 7.29. The first kappa shape index (κ1) is 32.4. The molecule has 1 aromatic carbocycles. The number of benzene rings is 1. The number of hydrogen-bond donors (Lipinski definition) is 4. The summed E-state index contributed by atoms with van der Waals surface area (Å²) in [5.74, 6) is -2.23. The molecule has 0 bridgehead atoms. The number of hydrogen-bond acceptors (Lipinski definition) is 9. The maximum atomic E-state index is 14.1. The highest BCUT2D eigenvalue weighted by Gasteiger charge is 2.61. The smallest absolute Gasteiger partial charge is 0.408 e. The fourth-order valence-electron chi connectivity index (χ4n) is 5.84. The van der Waals surface area contributed by atoms with Gasteiger partial charge in [0.25, 0.3) is 0 Å². The molecule has 0 spiro atoms. The predicted molar refractivity (Wildman–Crippen MR) is 164 cm³/mol. The number of aromatic nitrogens is 4. The first-order chi connectivity index (χ1) is 21.3. The Morgan fingerprint density at radius 3 is 2.69 bits per heavy atom. The monoisotopic (exact) mass is 687 g/mol. The van der Waals surface area contributed by atoms with Gasteiger partial charge in [-0.15, -0.1) is 10.2 Å². The minimum absolute atomic E-state index is 0.0297. The van der Waals surface area contributed by atoms with Gasteiger partial charge in [-0.05, 0) is 85.8 Å². The topological polar surface area (TPSA) is 189 Å². The Bertz CT molecular complexity index is 1510. The van der Waals surface area contributed by atoms with E-state index in [2.05, 4.69) is 42.0 Å². The van der Waals surface area contributed by atoms with Gasteiger partial charge in [0.05, 0.1) is 10.5 Å². The molecule has 3 heterocycles. The molecule has 242 valence electrons.